The highest BCUT2D eigenvalue weighted by atomic mass is 31.1. The number of hydrogen-bond donors (Lipinski definition) is 5. The van der Waals surface area contributed by atoms with E-state index in [0.29, 0.717) is 6.54 Å². The van der Waals surface area contributed by atoms with Gasteiger partial charge in [0, 0.05) is 15.7 Å². The van der Waals surface area contributed by atoms with Crippen LogP contribution >= 0.6 is 16.5 Å². The quantitative estimate of drug-likeness (QED) is 0.248. The van der Waals surface area contributed by atoms with Crippen molar-refractivity contribution in [3.8, 4) is 22.3 Å². The maximum absolute atomic E-state index is 8.70. The van der Waals surface area contributed by atoms with Crippen molar-refractivity contribution in [2.45, 2.75) is 58.9 Å². The molecule has 3 aromatic carbocycles. The third-order valence-corrected chi connectivity index (χ3v) is 5.38. The first kappa shape index (κ1) is 31.7. The first-order valence-electron chi connectivity index (χ1n) is 11.3. The van der Waals surface area contributed by atoms with Crippen LogP contribution in [0.5, 0.6) is 0 Å². The molecule has 36 heavy (non-hydrogen) atoms. The molecule has 194 valence electrons. The standard InChI is InChI=1S/C27H33N.2HO3P/c1-26(2,3)24-17-25(27(4,5)6)23(16-22(24)18-28)21-14-12-20(13-15-21)19-10-8-7-9-11-19;2*1-4(2)3/h7-17H,18,28H2,1-6H3;2*(H-,1,2,3)/p+2. The molecule has 3 rings (SSSR count). The molecule has 0 fully saturated rings. The van der Waals surface area contributed by atoms with Gasteiger partial charge in [-0.15, -0.1) is 19.6 Å². The maximum Gasteiger partial charge on any atom is 0.692 e. The van der Waals surface area contributed by atoms with Crippen molar-refractivity contribution >= 4 is 16.5 Å². The molecule has 0 amide bonds. The Bertz CT molecular complexity index is 1130. The molecule has 3 aromatic rings. The topological polar surface area (TPSA) is 141 Å². The molecule has 0 radical (unpaired) electrons. The average Bonchev–Trinajstić information content (AvgIpc) is 2.77. The van der Waals surface area contributed by atoms with Gasteiger partial charge >= 0.3 is 16.5 Å². The predicted molar refractivity (Wildman–Crippen MR) is 147 cm³/mol. The summed E-state index contributed by atoms with van der Waals surface area (Å²) in [5.41, 5.74) is 15.3. The summed E-state index contributed by atoms with van der Waals surface area (Å²) in [6.07, 6.45) is 0. The maximum atomic E-state index is 8.70. The van der Waals surface area contributed by atoms with Gasteiger partial charge in [-0.3, -0.25) is 0 Å². The summed E-state index contributed by atoms with van der Waals surface area (Å²) < 4.78 is 17.4. The van der Waals surface area contributed by atoms with E-state index < -0.39 is 16.5 Å². The van der Waals surface area contributed by atoms with E-state index in [9.17, 15) is 0 Å². The molecule has 6 N–H and O–H groups in total. The van der Waals surface area contributed by atoms with Crippen LogP contribution in [0.2, 0.25) is 0 Å². The average molecular weight is 534 g/mol. The zero-order chi connectivity index (χ0) is 27.7. The number of hydrogen-bond acceptors (Lipinski definition) is 3. The van der Waals surface area contributed by atoms with E-state index in [-0.39, 0.29) is 10.8 Å². The Morgan fingerprint density at radius 1 is 0.639 bits per heavy atom. The molecule has 0 aliphatic heterocycles. The van der Waals surface area contributed by atoms with Crippen LogP contribution in [0.1, 0.15) is 58.2 Å². The molecule has 0 bridgehead atoms. The molecule has 0 spiro atoms. The van der Waals surface area contributed by atoms with Crippen LogP contribution in [0.25, 0.3) is 22.3 Å². The van der Waals surface area contributed by atoms with E-state index in [1.165, 1.54) is 38.9 Å². The Labute approximate surface area is 215 Å². The van der Waals surface area contributed by atoms with Crippen molar-refractivity contribution in [2.75, 3.05) is 0 Å². The van der Waals surface area contributed by atoms with Crippen LogP contribution in [0.3, 0.4) is 0 Å². The first-order chi connectivity index (χ1) is 16.6. The van der Waals surface area contributed by atoms with Gasteiger partial charge in [0.2, 0.25) is 0 Å². The van der Waals surface area contributed by atoms with Gasteiger partial charge in [0.25, 0.3) is 0 Å². The van der Waals surface area contributed by atoms with Crippen LogP contribution < -0.4 is 5.73 Å². The fourth-order valence-corrected chi connectivity index (χ4v) is 3.84. The third-order valence-electron chi connectivity index (χ3n) is 5.38. The first-order valence-corrected chi connectivity index (χ1v) is 13.6. The van der Waals surface area contributed by atoms with Gasteiger partial charge in [0.1, 0.15) is 0 Å². The Morgan fingerprint density at radius 3 is 1.42 bits per heavy atom. The summed E-state index contributed by atoms with van der Waals surface area (Å²) in [5, 5.41) is 0. The van der Waals surface area contributed by atoms with Gasteiger partial charge in [0.05, 0.1) is 0 Å². The smallest absolute Gasteiger partial charge is 0.326 e. The lowest BCUT2D eigenvalue weighted by Crippen LogP contribution is -2.20. The minimum absolute atomic E-state index is 0.0561. The van der Waals surface area contributed by atoms with E-state index in [2.05, 4.69) is 108 Å². The largest absolute Gasteiger partial charge is 0.692 e. The van der Waals surface area contributed by atoms with E-state index >= 15 is 0 Å². The Hall–Kier alpha value is -2.34. The van der Waals surface area contributed by atoms with E-state index in [0.717, 1.165) is 0 Å². The lowest BCUT2D eigenvalue weighted by atomic mass is 9.75. The van der Waals surface area contributed by atoms with E-state index in [1.807, 2.05) is 0 Å². The SMILES string of the molecule is CC(C)(C)c1cc(C(C)(C)C)c(-c2ccc(-c3ccccc3)cc2)cc1CN.O=[P+](O)O.O=[P+](O)O. The van der Waals surface area contributed by atoms with Crippen LogP contribution in [-0.2, 0) is 26.5 Å². The van der Waals surface area contributed by atoms with Crippen molar-refractivity contribution in [1.82, 2.24) is 0 Å². The van der Waals surface area contributed by atoms with Gasteiger partial charge in [0.15, 0.2) is 0 Å². The predicted octanol–water partition coefficient (Wildman–Crippen LogP) is 6.33. The molecule has 0 unspecified atom stereocenters. The van der Waals surface area contributed by atoms with Crippen molar-refractivity contribution in [2.24, 2.45) is 5.73 Å². The molecule has 0 aliphatic carbocycles. The van der Waals surface area contributed by atoms with Gasteiger partial charge in [-0.1, -0.05) is 102 Å². The van der Waals surface area contributed by atoms with Crippen LogP contribution in [0.15, 0.2) is 66.7 Å². The summed E-state index contributed by atoms with van der Waals surface area (Å²) in [6.45, 7) is 14.2. The minimum atomic E-state index is -2.87. The summed E-state index contributed by atoms with van der Waals surface area (Å²) >= 11 is 0. The fraction of sp³-hybridized carbons (Fsp3) is 0.333. The number of rotatable bonds is 3. The van der Waals surface area contributed by atoms with Crippen molar-refractivity contribution in [3.63, 3.8) is 0 Å². The summed E-state index contributed by atoms with van der Waals surface area (Å²) in [7, 11) is -5.74. The fourth-order valence-electron chi connectivity index (χ4n) is 3.84. The van der Waals surface area contributed by atoms with Gasteiger partial charge in [-0.2, -0.15) is 0 Å². The van der Waals surface area contributed by atoms with Gasteiger partial charge in [-0.05, 0) is 55.8 Å². The Balaban J connectivity index is 0.000000709. The molecular weight excluding hydrogens is 496 g/mol. The highest BCUT2D eigenvalue weighted by Gasteiger charge is 2.25. The van der Waals surface area contributed by atoms with E-state index in [1.54, 1.807) is 0 Å². The normalized spacial score (nSPS) is 11.0. The molecule has 0 aliphatic rings. The Morgan fingerprint density at radius 2 is 1.03 bits per heavy atom. The number of nitrogens with two attached hydrogens (primary N) is 1. The van der Waals surface area contributed by atoms with E-state index in [4.69, 9.17) is 34.4 Å². The second-order valence-corrected chi connectivity index (χ2v) is 11.2. The van der Waals surface area contributed by atoms with Gasteiger partial charge in [-0.25, -0.2) is 0 Å². The molecule has 0 atom stereocenters. The third kappa shape index (κ3) is 10.3. The lowest BCUT2D eigenvalue weighted by Gasteiger charge is -2.30. The molecule has 0 heterocycles. The molecule has 0 saturated heterocycles. The molecule has 9 heteroatoms. The minimum Gasteiger partial charge on any atom is -0.326 e. The zero-order valence-electron chi connectivity index (χ0n) is 21.6. The van der Waals surface area contributed by atoms with Crippen LogP contribution in [0.4, 0.5) is 0 Å². The van der Waals surface area contributed by atoms with Crippen molar-refractivity contribution < 1.29 is 28.7 Å². The van der Waals surface area contributed by atoms with Crippen molar-refractivity contribution in [3.05, 3.63) is 83.4 Å². The molecule has 7 nitrogen and oxygen atoms in total. The monoisotopic (exact) mass is 533 g/mol. The second kappa shape index (κ2) is 13.8. The zero-order valence-corrected chi connectivity index (χ0v) is 23.4. The summed E-state index contributed by atoms with van der Waals surface area (Å²) in [6, 6.07) is 24.2. The molecule has 0 aromatic heterocycles. The highest BCUT2D eigenvalue weighted by Crippen LogP contribution is 2.39. The lowest BCUT2D eigenvalue weighted by molar-refractivity contribution is 0.403. The van der Waals surface area contributed by atoms with Gasteiger partial charge < -0.3 is 5.73 Å². The molecular formula is C27H37NO6P2+2. The van der Waals surface area contributed by atoms with Crippen LogP contribution in [0, 0.1) is 0 Å². The Kier molecular flexibility index (Phi) is 12.2. The van der Waals surface area contributed by atoms with Crippen molar-refractivity contribution in [1.29, 1.82) is 0 Å². The summed E-state index contributed by atoms with van der Waals surface area (Å²) in [5.74, 6) is 0. The second-order valence-electron chi connectivity index (χ2n) is 10.2. The summed E-state index contributed by atoms with van der Waals surface area (Å²) in [4.78, 5) is 28.5. The number of benzene rings is 3. The highest BCUT2D eigenvalue weighted by molar-refractivity contribution is 7.31. The van der Waals surface area contributed by atoms with Crippen LogP contribution in [-0.4, -0.2) is 19.6 Å². The molecule has 0 saturated carbocycles.